The number of hydrogen-bond acceptors (Lipinski definition) is 4. The molecule has 0 aliphatic carbocycles. The SMILES string of the molecule is COc1ccc(C(=O)N2CCN(C(=O)c3ccc(-n4cc(Br)cn4)cc3)CC2)cc1. The molecule has 1 aromatic heterocycles. The van der Waals surface area contributed by atoms with E-state index < -0.39 is 0 Å². The minimum atomic E-state index is -0.0283. The standard InChI is InChI=1S/C22H21BrN4O3/c1-30-20-8-4-17(5-9-20)22(29)26-12-10-25(11-13-26)21(28)16-2-6-19(7-3-16)27-15-18(23)14-24-27/h2-9,14-15H,10-13H2,1H3. The molecule has 1 saturated heterocycles. The maximum Gasteiger partial charge on any atom is 0.253 e. The summed E-state index contributed by atoms with van der Waals surface area (Å²) in [5, 5.41) is 4.24. The predicted molar refractivity (Wildman–Crippen MR) is 116 cm³/mol. The van der Waals surface area contributed by atoms with Crippen LogP contribution in [-0.2, 0) is 0 Å². The van der Waals surface area contributed by atoms with Gasteiger partial charge in [0.25, 0.3) is 11.8 Å². The molecule has 0 N–H and O–H groups in total. The molecule has 0 bridgehead atoms. The van der Waals surface area contributed by atoms with E-state index >= 15 is 0 Å². The highest BCUT2D eigenvalue weighted by molar-refractivity contribution is 9.10. The van der Waals surface area contributed by atoms with Crippen LogP contribution in [0.5, 0.6) is 5.75 Å². The van der Waals surface area contributed by atoms with Crippen molar-refractivity contribution in [2.75, 3.05) is 33.3 Å². The third kappa shape index (κ3) is 4.23. The van der Waals surface area contributed by atoms with Crippen molar-refractivity contribution >= 4 is 27.7 Å². The van der Waals surface area contributed by atoms with Gasteiger partial charge in [-0.3, -0.25) is 9.59 Å². The maximum atomic E-state index is 12.8. The first-order valence-electron chi connectivity index (χ1n) is 9.58. The number of carbonyl (C=O) groups is 2. The number of carbonyl (C=O) groups excluding carboxylic acids is 2. The maximum absolute atomic E-state index is 12.8. The Morgan fingerprint density at radius 3 is 1.80 bits per heavy atom. The van der Waals surface area contributed by atoms with Gasteiger partial charge in [-0.05, 0) is 64.5 Å². The van der Waals surface area contributed by atoms with E-state index in [1.165, 1.54) is 0 Å². The summed E-state index contributed by atoms with van der Waals surface area (Å²) in [6.07, 6.45) is 3.57. The number of piperazine rings is 1. The van der Waals surface area contributed by atoms with Crippen molar-refractivity contribution in [2.24, 2.45) is 0 Å². The second kappa shape index (κ2) is 8.71. The van der Waals surface area contributed by atoms with Gasteiger partial charge in [-0.15, -0.1) is 0 Å². The number of benzene rings is 2. The van der Waals surface area contributed by atoms with Crippen LogP contribution in [0.1, 0.15) is 20.7 Å². The van der Waals surface area contributed by atoms with Gasteiger partial charge in [0.05, 0.1) is 23.5 Å². The first-order valence-corrected chi connectivity index (χ1v) is 10.4. The molecule has 2 aromatic carbocycles. The quantitative estimate of drug-likeness (QED) is 0.589. The van der Waals surface area contributed by atoms with Crippen molar-refractivity contribution in [1.82, 2.24) is 19.6 Å². The third-order valence-electron chi connectivity index (χ3n) is 5.12. The molecule has 0 unspecified atom stereocenters. The molecular weight excluding hydrogens is 448 g/mol. The van der Waals surface area contributed by atoms with Gasteiger partial charge in [0.15, 0.2) is 0 Å². The zero-order valence-electron chi connectivity index (χ0n) is 16.5. The van der Waals surface area contributed by atoms with Crippen molar-refractivity contribution in [3.63, 3.8) is 0 Å². The van der Waals surface area contributed by atoms with E-state index in [0.29, 0.717) is 43.1 Å². The zero-order chi connectivity index (χ0) is 21.1. The summed E-state index contributed by atoms with van der Waals surface area (Å²) < 4.78 is 7.77. The Labute approximate surface area is 183 Å². The molecule has 2 amide bonds. The Morgan fingerprint density at radius 1 is 0.867 bits per heavy atom. The van der Waals surface area contributed by atoms with Crippen LogP contribution in [0.4, 0.5) is 0 Å². The molecule has 30 heavy (non-hydrogen) atoms. The average Bonchev–Trinajstić information content (AvgIpc) is 3.24. The molecule has 3 aromatic rings. The van der Waals surface area contributed by atoms with E-state index in [-0.39, 0.29) is 11.8 Å². The Balaban J connectivity index is 1.36. The number of methoxy groups -OCH3 is 1. The summed E-state index contributed by atoms with van der Waals surface area (Å²) in [6, 6.07) is 14.4. The van der Waals surface area contributed by atoms with Gasteiger partial charge >= 0.3 is 0 Å². The molecule has 1 fully saturated rings. The highest BCUT2D eigenvalue weighted by atomic mass is 79.9. The first kappa shape index (κ1) is 20.2. The second-order valence-corrected chi connectivity index (χ2v) is 7.88. The van der Waals surface area contributed by atoms with E-state index in [4.69, 9.17) is 4.74 Å². The van der Waals surface area contributed by atoms with Crippen LogP contribution >= 0.6 is 15.9 Å². The Bertz CT molecular complexity index is 1040. The number of aromatic nitrogens is 2. The van der Waals surface area contributed by atoms with Crippen molar-refractivity contribution in [1.29, 1.82) is 0 Å². The number of halogens is 1. The summed E-state index contributed by atoms with van der Waals surface area (Å²) in [6.45, 7) is 2.04. The Kier molecular flexibility index (Phi) is 5.85. The van der Waals surface area contributed by atoms with Crippen LogP contribution < -0.4 is 4.74 Å². The summed E-state index contributed by atoms with van der Waals surface area (Å²) in [4.78, 5) is 29.1. The van der Waals surface area contributed by atoms with Crippen LogP contribution in [-0.4, -0.2) is 64.7 Å². The van der Waals surface area contributed by atoms with Crippen LogP contribution in [0.2, 0.25) is 0 Å². The number of nitrogens with zero attached hydrogens (tertiary/aromatic N) is 4. The van der Waals surface area contributed by atoms with Crippen LogP contribution in [0.3, 0.4) is 0 Å². The predicted octanol–water partition coefficient (Wildman–Crippen LogP) is 3.24. The molecule has 0 atom stereocenters. The lowest BCUT2D eigenvalue weighted by Crippen LogP contribution is -2.50. The zero-order valence-corrected chi connectivity index (χ0v) is 18.1. The van der Waals surface area contributed by atoms with Gasteiger partial charge < -0.3 is 14.5 Å². The molecule has 4 rings (SSSR count). The van der Waals surface area contributed by atoms with Crippen molar-refractivity contribution in [2.45, 2.75) is 0 Å². The van der Waals surface area contributed by atoms with Gasteiger partial charge in [0, 0.05) is 43.5 Å². The van der Waals surface area contributed by atoms with Crippen LogP contribution in [0, 0.1) is 0 Å². The normalized spacial score (nSPS) is 13.9. The lowest BCUT2D eigenvalue weighted by molar-refractivity contribution is 0.0535. The molecule has 0 radical (unpaired) electrons. The monoisotopic (exact) mass is 468 g/mol. The van der Waals surface area contributed by atoms with E-state index in [1.54, 1.807) is 52.1 Å². The first-order chi connectivity index (χ1) is 14.5. The molecule has 154 valence electrons. The number of rotatable bonds is 4. The number of hydrogen-bond donors (Lipinski definition) is 0. The fourth-order valence-corrected chi connectivity index (χ4v) is 3.70. The third-order valence-corrected chi connectivity index (χ3v) is 5.53. The van der Waals surface area contributed by atoms with Crippen LogP contribution in [0.15, 0.2) is 65.4 Å². The fraction of sp³-hybridized carbons (Fsp3) is 0.227. The highest BCUT2D eigenvalue weighted by Crippen LogP contribution is 2.17. The minimum Gasteiger partial charge on any atom is -0.497 e. The fourth-order valence-electron chi connectivity index (χ4n) is 3.41. The van der Waals surface area contributed by atoms with E-state index in [1.807, 2.05) is 30.5 Å². The highest BCUT2D eigenvalue weighted by Gasteiger charge is 2.25. The van der Waals surface area contributed by atoms with Crippen molar-refractivity contribution in [3.05, 3.63) is 76.5 Å². The summed E-state index contributed by atoms with van der Waals surface area (Å²) >= 11 is 3.38. The Hall–Kier alpha value is -3.13. The molecular formula is C22H21BrN4O3. The summed E-state index contributed by atoms with van der Waals surface area (Å²) in [7, 11) is 1.59. The lowest BCUT2D eigenvalue weighted by Gasteiger charge is -2.35. The second-order valence-electron chi connectivity index (χ2n) is 6.96. The molecule has 8 heteroatoms. The van der Waals surface area contributed by atoms with Gasteiger partial charge in [-0.2, -0.15) is 5.10 Å². The molecule has 0 saturated carbocycles. The largest absolute Gasteiger partial charge is 0.497 e. The summed E-state index contributed by atoms with van der Waals surface area (Å²) in [5.41, 5.74) is 2.13. The molecule has 7 nitrogen and oxygen atoms in total. The van der Waals surface area contributed by atoms with Gasteiger partial charge in [0.2, 0.25) is 0 Å². The smallest absolute Gasteiger partial charge is 0.253 e. The number of ether oxygens (including phenoxy) is 1. The minimum absolute atomic E-state index is 0.0280. The van der Waals surface area contributed by atoms with Gasteiger partial charge in [-0.1, -0.05) is 0 Å². The van der Waals surface area contributed by atoms with Gasteiger partial charge in [-0.25, -0.2) is 4.68 Å². The number of amides is 2. The Morgan fingerprint density at radius 2 is 1.37 bits per heavy atom. The van der Waals surface area contributed by atoms with E-state index in [0.717, 1.165) is 10.2 Å². The molecule has 0 spiro atoms. The van der Waals surface area contributed by atoms with Crippen molar-refractivity contribution in [3.8, 4) is 11.4 Å². The van der Waals surface area contributed by atoms with E-state index in [9.17, 15) is 9.59 Å². The van der Waals surface area contributed by atoms with E-state index in [2.05, 4.69) is 21.0 Å². The summed E-state index contributed by atoms with van der Waals surface area (Å²) in [5.74, 6) is 0.660. The average molecular weight is 469 g/mol. The van der Waals surface area contributed by atoms with Crippen molar-refractivity contribution < 1.29 is 14.3 Å². The lowest BCUT2D eigenvalue weighted by atomic mass is 10.1. The van der Waals surface area contributed by atoms with Gasteiger partial charge in [0.1, 0.15) is 5.75 Å². The van der Waals surface area contributed by atoms with Crippen LogP contribution in [0.25, 0.3) is 5.69 Å². The molecule has 2 heterocycles. The topological polar surface area (TPSA) is 67.7 Å². The molecule has 1 aliphatic heterocycles. The molecule has 1 aliphatic rings.